The molecule has 0 aliphatic carbocycles. The van der Waals surface area contributed by atoms with Crippen molar-refractivity contribution in [2.24, 2.45) is 0 Å². The van der Waals surface area contributed by atoms with Gasteiger partial charge >= 0.3 is 0 Å². The SMILES string of the molecule is O=C(c1ccc2c(c1)CCCO2)N1CCN(Cc2cccs2)CC1. The third kappa shape index (κ3) is 3.32. The number of rotatable bonds is 3. The van der Waals surface area contributed by atoms with Gasteiger partial charge in [-0.2, -0.15) is 0 Å². The molecule has 0 spiro atoms. The van der Waals surface area contributed by atoms with Gasteiger partial charge in [0.15, 0.2) is 0 Å². The molecule has 3 heterocycles. The first kappa shape index (κ1) is 15.7. The van der Waals surface area contributed by atoms with Crippen LogP contribution in [0.25, 0.3) is 0 Å². The Morgan fingerprint density at radius 1 is 1.17 bits per heavy atom. The minimum atomic E-state index is 0.152. The zero-order valence-electron chi connectivity index (χ0n) is 13.7. The molecular weight excluding hydrogens is 320 g/mol. The van der Waals surface area contributed by atoms with E-state index in [1.807, 2.05) is 23.1 Å². The Labute approximate surface area is 146 Å². The summed E-state index contributed by atoms with van der Waals surface area (Å²) in [6.07, 6.45) is 2.04. The minimum absolute atomic E-state index is 0.152. The van der Waals surface area contributed by atoms with E-state index in [0.29, 0.717) is 0 Å². The maximum atomic E-state index is 12.8. The molecule has 1 aromatic carbocycles. The van der Waals surface area contributed by atoms with E-state index in [0.717, 1.165) is 63.5 Å². The Bertz CT molecular complexity index is 706. The zero-order chi connectivity index (χ0) is 16.4. The van der Waals surface area contributed by atoms with E-state index in [9.17, 15) is 4.79 Å². The Balaban J connectivity index is 1.37. The molecule has 1 aromatic heterocycles. The predicted octanol–water partition coefficient (Wildman–Crippen LogP) is 3.03. The number of fused-ring (bicyclic) bond motifs is 1. The van der Waals surface area contributed by atoms with Gasteiger partial charge in [0.25, 0.3) is 5.91 Å². The van der Waals surface area contributed by atoms with Crippen molar-refractivity contribution in [1.29, 1.82) is 0 Å². The molecular formula is C19H22N2O2S. The molecule has 126 valence electrons. The summed E-state index contributed by atoms with van der Waals surface area (Å²) in [5.74, 6) is 1.10. The molecule has 2 aromatic rings. The fraction of sp³-hybridized carbons (Fsp3) is 0.421. The Hall–Kier alpha value is -1.85. The van der Waals surface area contributed by atoms with Crippen LogP contribution in [0.1, 0.15) is 27.2 Å². The maximum Gasteiger partial charge on any atom is 0.253 e. The standard InChI is InChI=1S/C19H22N2O2S/c22-19(16-5-6-18-15(13-16)3-1-11-23-18)21-9-7-20(8-10-21)14-17-4-2-12-24-17/h2,4-6,12-13H,1,3,7-11,14H2. The van der Waals surface area contributed by atoms with Crippen LogP contribution in [0.4, 0.5) is 0 Å². The maximum absolute atomic E-state index is 12.8. The highest BCUT2D eigenvalue weighted by Crippen LogP contribution is 2.26. The fourth-order valence-corrected chi connectivity index (χ4v) is 4.15. The second-order valence-corrected chi connectivity index (χ2v) is 7.45. The van der Waals surface area contributed by atoms with Crippen molar-refractivity contribution < 1.29 is 9.53 Å². The van der Waals surface area contributed by atoms with Gasteiger partial charge in [0.1, 0.15) is 5.75 Å². The van der Waals surface area contributed by atoms with Gasteiger partial charge in [0, 0.05) is 43.2 Å². The van der Waals surface area contributed by atoms with E-state index in [4.69, 9.17) is 4.74 Å². The number of carbonyl (C=O) groups is 1. The summed E-state index contributed by atoms with van der Waals surface area (Å²) in [6, 6.07) is 10.2. The third-order valence-corrected chi connectivity index (χ3v) is 5.64. The zero-order valence-corrected chi connectivity index (χ0v) is 14.6. The second-order valence-electron chi connectivity index (χ2n) is 6.42. The lowest BCUT2D eigenvalue weighted by Crippen LogP contribution is -2.48. The number of thiophene rings is 1. The average molecular weight is 342 g/mol. The van der Waals surface area contributed by atoms with Gasteiger partial charge in [-0.05, 0) is 48.1 Å². The first-order chi connectivity index (χ1) is 11.8. The van der Waals surface area contributed by atoms with E-state index < -0.39 is 0 Å². The number of hydrogen-bond donors (Lipinski definition) is 0. The summed E-state index contributed by atoms with van der Waals surface area (Å²) in [6.45, 7) is 5.27. The van der Waals surface area contributed by atoms with Crippen LogP contribution in [0, 0.1) is 0 Å². The topological polar surface area (TPSA) is 32.8 Å². The van der Waals surface area contributed by atoms with E-state index in [-0.39, 0.29) is 5.91 Å². The average Bonchev–Trinajstić information content (AvgIpc) is 3.14. The summed E-state index contributed by atoms with van der Waals surface area (Å²) in [7, 11) is 0. The predicted molar refractivity (Wildman–Crippen MR) is 95.8 cm³/mol. The highest BCUT2D eigenvalue weighted by atomic mass is 32.1. The molecule has 2 aliphatic heterocycles. The number of ether oxygens (including phenoxy) is 1. The van der Waals surface area contributed by atoms with E-state index >= 15 is 0 Å². The number of nitrogens with zero attached hydrogens (tertiary/aromatic N) is 2. The highest BCUT2D eigenvalue weighted by molar-refractivity contribution is 7.09. The number of aryl methyl sites for hydroxylation is 1. The van der Waals surface area contributed by atoms with Crippen LogP contribution < -0.4 is 4.74 Å². The molecule has 0 unspecified atom stereocenters. The summed E-state index contributed by atoms with van der Waals surface area (Å²) in [5.41, 5.74) is 1.97. The highest BCUT2D eigenvalue weighted by Gasteiger charge is 2.23. The van der Waals surface area contributed by atoms with Crippen LogP contribution >= 0.6 is 11.3 Å². The normalized spacial score (nSPS) is 18.1. The first-order valence-electron chi connectivity index (χ1n) is 8.59. The number of amides is 1. The Morgan fingerprint density at radius 3 is 2.83 bits per heavy atom. The second kappa shape index (κ2) is 6.95. The monoisotopic (exact) mass is 342 g/mol. The smallest absolute Gasteiger partial charge is 0.253 e. The van der Waals surface area contributed by atoms with Crippen LogP contribution in [-0.2, 0) is 13.0 Å². The van der Waals surface area contributed by atoms with E-state index in [2.05, 4.69) is 22.4 Å². The van der Waals surface area contributed by atoms with Gasteiger partial charge in [0.2, 0.25) is 0 Å². The summed E-state index contributed by atoms with van der Waals surface area (Å²) in [5, 5.41) is 2.12. The number of hydrogen-bond acceptors (Lipinski definition) is 4. The van der Waals surface area contributed by atoms with Crippen molar-refractivity contribution in [3.8, 4) is 5.75 Å². The van der Waals surface area contributed by atoms with Crippen LogP contribution in [-0.4, -0.2) is 48.5 Å². The lowest BCUT2D eigenvalue weighted by Gasteiger charge is -2.34. The van der Waals surface area contributed by atoms with Gasteiger partial charge in [0.05, 0.1) is 6.61 Å². The first-order valence-corrected chi connectivity index (χ1v) is 9.47. The van der Waals surface area contributed by atoms with E-state index in [1.54, 1.807) is 11.3 Å². The molecule has 24 heavy (non-hydrogen) atoms. The van der Waals surface area contributed by atoms with Gasteiger partial charge in [-0.1, -0.05) is 6.07 Å². The van der Waals surface area contributed by atoms with Crippen LogP contribution in [0.15, 0.2) is 35.7 Å². The number of carbonyl (C=O) groups excluding carboxylic acids is 1. The van der Waals surface area contributed by atoms with E-state index in [1.165, 1.54) is 10.4 Å². The van der Waals surface area contributed by atoms with Crippen molar-refractivity contribution in [3.63, 3.8) is 0 Å². The Morgan fingerprint density at radius 2 is 2.04 bits per heavy atom. The molecule has 0 atom stereocenters. The van der Waals surface area contributed by atoms with Crippen molar-refractivity contribution in [2.75, 3.05) is 32.8 Å². The molecule has 1 saturated heterocycles. The summed E-state index contributed by atoms with van der Waals surface area (Å²) >= 11 is 1.80. The van der Waals surface area contributed by atoms with Gasteiger partial charge in [-0.3, -0.25) is 9.69 Å². The van der Waals surface area contributed by atoms with Gasteiger partial charge in [-0.25, -0.2) is 0 Å². The van der Waals surface area contributed by atoms with Gasteiger partial charge in [-0.15, -0.1) is 11.3 Å². The largest absolute Gasteiger partial charge is 0.493 e. The molecule has 2 aliphatic rings. The molecule has 0 N–H and O–H groups in total. The minimum Gasteiger partial charge on any atom is -0.493 e. The van der Waals surface area contributed by atoms with Crippen molar-refractivity contribution >= 4 is 17.2 Å². The van der Waals surface area contributed by atoms with Crippen molar-refractivity contribution in [2.45, 2.75) is 19.4 Å². The molecule has 0 bridgehead atoms. The molecule has 1 amide bonds. The Kier molecular flexibility index (Phi) is 4.54. The lowest BCUT2D eigenvalue weighted by atomic mass is 10.0. The van der Waals surface area contributed by atoms with Crippen LogP contribution in [0.3, 0.4) is 0 Å². The third-order valence-electron chi connectivity index (χ3n) is 4.77. The molecule has 0 saturated carbocycles. The van der Waals surface area contributed by atoms with Crippen molar-refractivity contribution in [3.05, 3.63) is 51.7 Å². The van der Waals surface area contributed by atoms with Crippen LogP contribution in [0.5, 0.6) is 5.75 Å². The fourth-order valence-electron chi connectivity index (χ4n) is 3.41. The quantitative estimate of drug-likeness (QED) is 0.859. The van der Waals surface area contributed by atoms with Crippen molar-refractivity contribution in [1.82, 2.24) is 9.80 Å². The molecule has 4 rings (SSSR count). The molecule has 4 nitrogen and oxygen atoms in total. The lowest BCUT2D eigenvalue weighted by molar-refractivity contribution is 0.0629. The molecule has 5 heteroatoms. The molecule has 0 radical (unpaired) electrons. The van der Waals surface area contributed by atoms with Crippen LogP contribution in [0.2, 0.25) is 0 Å². The van der Waals surface area contributed by atoms with Gasteiger partial charge < -0.3 is 9.64 Å². The summed E-state index contributed by atoms with van der Waals surface area (Å²) in [4.78, 5) is 18.6. The number of benzene rings is 1. The molecule has 1 fully saturated rings. The summed E-state index contributed by atoms with van der Waals surface area (Å²) < 4.78 is 5.64. The number of piperazine rings is 1.